The molecule has 0 aromatic carbocycles. The van der Waals surface area contributed by atoms with E-state index < -0.39 is 0 Å². The quantitative estimate of drug-likeness (QED) is 0.803. The van der Waals surface area contributed by atoms with Gasteiger partial charge in [0.25, 0.3) is 0 Å². The summed E-state index contributed by atoms with van der Waals surface area (Å²) >= 11 is 3.70. The zero-order chi connectivity index (χ0) is 14.9. The largest absolute Gasteiger partial charge is 0.368 e. The highest BCUT2D eigenvalue weighted by Gasteiger charge is 2.41. The number of aromatic nitrogens is 2. The van der Waals surface area contributed by atoms with Gasteiger partial charge in [-0.2, -0.15) is 16.7 Å². The molecule has 0 radical (unpaired) electrons. The number of hydrogen-bond donors (Lipinski definition) is 2. The Kier molecular flexibility index (Phi) is 4.26. The van der Waals surface area contributed by atoms with Gasteiger partial charge in [-0.15, -0.1) is 11.3 Å². The maximum Gasteiger partial charge on any atom is 0.226 e. The van der Waals surface area contributed by atoms with E-state index in [9.17, 15) is 0 Å². The second-order valence-corrected chi connectivity index (χ2v) is 8.15. The SMILES string of the molecule is CCCNc1nc(NCC2(SC)CC2)c2cc(C)sc2n1. The molecule has 1 fully saturated rings. The molecule has 0 bridgehead atoms. The Balaban J connectivity index is 1.86. The van der Waals surface area contributed by atoms with E-state index >= 15 is 0 Å². The van der Waals surface area contributed by atoms with Crippen LogP contribution in [0.5, 0.6) is 0 Å². The standard InChI is InChI=1S/C15H22N4S2/c1-4-7-16-14-18-12(17-9-15(20-3)5-6-15)11-8-10(2)21-13(11)19-14/h8H,4-7,9H2,1-3H3,(H2,16,17,18,19). The van der Waals surface area contributed by atoms with Gasteiger partial charge in [0.1, 0.15) is 10.6 Å². The van der Waals surface area contributed by atoms with E-state index in [1.165, 1.54) is 17.7 Å². The topological polar surface area (TPSA) is 49.8 Å². The predicted molar refractivity (Wildman–Crippen MR) is 94.9 cm³/mol. The van der Waals surface area contributed by atoms with Crippen molar-refractivity contribution in [2.75, 3.05) is 30.0 Å². The van der Waals surface area contributed by atoms with Gasteiger partial charge in [-0.1, -0.05) is 6.92 Å². The molecular weight excluding hydrogens is 300 g/mol. The molecule has 114 valence electrons. The molecule has 2 aromatic heterocycles. The van der Waals surface area contributed by atoms with Crippen molar-refractivity contribution in [1.82, 2.24) is 9.97 Å². The van der Waals surface area contributed by atoms with E-state index in [4.69, 9.17) is 0 Å². The summed E-state index contributed by atoms with van der Waals surface area (Å²) in [7, 11) is 0. The number of thioether (sulfide) groups is 1. The van der Waals surface area contributed by atoms with Crippen LogP contribution in [0.15, 0.2) is 6.07 Å². The molecule has 0 saturated heterocycles. The first-order chi connectivity index (χ1) is 10.2. The molecule has 0 atom stereocenters. The lowest BCUT2D eigenvalue weighted by molar-refractivity contribution is 0.933. The molecule has 2 heterocycles. The maximum absolute atomic E-state index is 4.68. The molecule has 2 aromatic rings. The maximum atomic E-state index is 4.68. The van der Waals surface area contributed by atoms with Crippen LogP contribution in [0, 0.1) is 6.92 Å². The van der Waals surface area contributed by atoms with Crippen LogP contribution in [0.2, 0.25) is 0 Å². The highest BCUT2D eigenvalue weighted by Crippen LogP contribution is 2.47. The summed E-state index contributed by atoms with van der Waals surface area (Å²) in [4.78, 5) is 11.7. The Labute approximate surface area is 134 Å². The second-order valence-electron chi connectivity index (χ2n) is 5.64. The summed E-state index contributed by atoms with van der Waals surface area (Å²) in [5.41, 5.74) is 0. The lowest BCUT2D eigenvalue weighted by Crippen LogP contribution is -2.18. The number of nitrogens with one attached hydrogen (secondary N) is 2. The van der Waals surface area contributed by atoms with Crippen LogP contribution in [-0.4, -0.2) is 34.1 Å². The van der Waals surface area contributed by atoms with Gasteiger partial charge in [0.2, 0.25) is 5.95 Å². The number of aryl methyl sites for hydroxylation is 1. The molecule has 0 spiro atoms. The average molecular weight is 323 g/mol. The van der Waals surface area contributed by atoms with Gasteiger partial charge in [0.05, 0.1) is 5.39 Å². The third kappa shape index (κ3) is 3.26. The van der Waals surface area contributed by atoms with E-state index in [0.717, 1.165) is 41.5 Å². The summed E-state index contributed by atoms with van der Waals surface area (Å²) in [5, 5.41) is 8.02. The number of thiophene rings is 1. The second kappa shape index (κ2) is 6.01. The van der Waals surface area contributed by atoms with Crippen LogP contribution < -0.4 is 10.6 Å². The Morgan fingerprint density at radius 3 is 2.81 bits per heavy atom. The minimum Gasteiger partial charge on any atom is -0.368 e. The Morgan fingerprint density at radius 2 is 2.14 bits per heavy atom. The summed E-state index contributed by atoms with van der Waals surface area (Å²) in [5.74, 6) is 1.71. The van der Waals surface area contributed by atoms with Crippen molar-refractivity contribution in [3.8, 4) is 0 Å². The lowest BCUT2D eigenvalue weighted by atomic mass is 10.3. The first-order valence-electron chi connectivity index (χ1n) is 7.47. The zero-order valence-electron chi connectivity index (χ0n) is 12.8. The highest BCUT2D eigenvalue weighted by molar-refractivity contribution is 8.00. The highest BCUT2D eigenvalue weighted by atomic mass is 32.2. The molecule has 0 amide bonds. The summed E-state index contributed by atoms with van der Waals surface area (Å²) in [6, 6.07) is 2.19. The van der Waals surface area contributed by atoms with E-state index in [0.29, 0.717) is 4.75 Å². The van der Waals surface area contributed by atoms with Crippen LogP contribution in [0.25, 0.3) is 10.2 Å². The smallest absolute Gasteiger partial charge is 0.226 e. The molecule has 6 heteroatoms. The first kappa shape index (κ1) is 14.9. The molecule has 0 aliphatic heterocycles. The fraction of sp³-hybridized carbons (Fsp3) is 0.600. The third-order valence-electron chi connectivity index (χ3n) is 3.87. The van der Waals surface area contributed by atoms with Gasteiger partial charge in [-0.25, -0.2) is 4.98 Å². The Hall–Kier alpha value is -1.01. The van der Waals surface area contributed by atoms with Crippen molar-refractivity contribution < 1.29 is 0 Å². The normalized spacial score (nSPS) is 16.1. The minimum atomic E-state index is 0.430. The molecule has 2 N–H and O–H groups in total. The van der Waals surface area contributed by atoms with Crippen molar-refractivity contribution >= 4 is 45.1 Å². The van der Waals surface area contributed by atoms with Gasteiger partial charge in [0, 0.05) is 22.7 Å². The van der Waals surface area contributed by atoms with E-state index in [1.807, 2.05) is 11.8 Å². The zero-order valence-corrected chi connectivity index (χ0v) is 14.5. The molecule has 4 nitrogen and oxygen atoms in total. The fourth-order valence-corrected chi connectivity index (χ4v) is 3.94. The molecule has 3 rings (SSSR count). The van der Waals surface area contributed by atoms with Crippen molar-refractivity contribution in [1.29, 1.82) is 0 Å². The molecule has 1 saturated carbocycles. The van der Waals surface area contributed by atoms with Gasteiger partial charge in [-0.05, 0) is 38.5 Å². The van der Waals surface area contributed by atoms with Crippen LogP contribution in [0.4, 0.5) is 11.8 Å². The number of nitrogens with zero attached hydrogens (tertiary/aromatic N) is 2. The summed E-state index contributed by atoms with van der Waals surface area (Å²) in [6.07, 6.45) is 5.88. The number of fused-ring (bicyclic) bond motifs is 1. The van der Waals surface area contributed by atoms with Crippen LogP contribution in [0.3, 0.4) is 0 Å². The van der Waals surface area contributed by atoms with Crippen molar-refractivity contribution in [2.45, 2.75) is 37.9 Å². The Bertz CT molecular complexity index is 634. The Morgan fingerprint density at radius 1 is 1.33 bits per heavy atom. The number of rotatable bonds is 7. The van der Waals surface area contributed by atoms with Crippen molar-refractivity contribution in [2.24, 2.45) is 0 Å². The molecule has 0 unspecified atom stereocenters. The van der Waals surface area contributed by atoms with E-state index in [1.54, 1.807) is 11.3 Å². The van der Waals surface area contributed by atoms with E-state index in [2.05, 4.69) is 46.8 Å². The van der Waals surface area contributed by atoms with Gasteiger partial charge < -0.3 is 10.6 Å². The van der Waals surface area contributed by atoms with Gasteiger partial charge in [-0.3, -0.25) is 0 Å². The minimum absolute atomic E-state index is 0.430. The molecule has 1 aliphatic rings. The predicted octanol–water partition coefficient (Wildman–Crippen LogP) is 4.13. The monoisotopic (exact) mass is 322 g/mol. The number of hydrogen-bond acceptors (Lipinski definition) is 6. The van der Waals surface area contributed by atoms with Crippen LogP contribution in [0.1, 0.15) is 31.1 Å². The summed E-state index contributed by atoms with van der Waals surface area (Å²) < 4.78 is 0.430. The lowest BCUT2D eigenvalue weighted by Gasteiger charge is -2.15. The fourth-order valence-electron chi connectivity index (χ4n) is 2.33. The molecule has 21 heavy (non-hydrogen) atoms. The van der Waals surface area contributed by atoms with Gasteiger partial charge in [0.15, 0.2) is 0 Å². The molecule has 1 aliphatic carbocycles. The summed E-state index contributed by atoms with van der Waals surface area (Å²) in [6.45, 7) is 6.17. The van der Waals surface area contributed by atoms with Crippen LogP contribution >= 0.6 is 23.1 Å². The van der Waals surface area contributed by atoms with E-state index in [-0.39, 0.29) is 0 Å². The van der Waals surface area contributed by atoms with Crippen LogP contribution in [-0.2, 0) is 0 Å². The third-order valence-corrected chi connectivity index (χ3v) is 6.23. The number of anilines is 2. The van der Waals surface area contributed by atoms with Crippen molar-refractivity contribution in [3.63, 3.8) is 0 Å². The van der Waals surface area contributed by atoms with Crippen molar-refractivity contribution in [3.05, 3.63) is 10.9 Å². The average Bonchev–Trinajstić information content (AvgIpc) is 3.17. The first-order valence-corrected chi connectivity index (χ1v) is 9.51. The molecular formula is C15H22N4S2. The van der Waals surface area contributed by atoms with Gasteiger partial charge >= 0.3 is 0 Å².